The molecule has 4 heteroatoms. The van der Waals surface area contributed by atoms with E-state index in [2.05, 4.69) is 17.0 Å². The Labute approximate surface area is 133 Å². The molecule has 1 N–H and O–H groups in total. The van der Waals surface area contributed by atoms with E-state index in [9.17, 15) is 9.90 Å². The van der Waals surface area contributed by atoms with E-state index in [1.807, 2.05) is 36.9 Å². The summed E-state index contributed by atoms with van der Waals surface area (Å²) in [7, 11) is 0. The van der Waals surface area contributed by atoms with Crippen molar-refractivity contribution in [2.24, 2.45) is 5.92 Å². The first-order valence-corrected chi connectivity index (χ1v) is 8.33. The molecule has 122 valence electrons. The number of rotatable bonds is 6. The predicted molar refractivity (Wildman–Crippen MR) is 88.4 cm³/mol. The summed E-state index contributed by atoms with van der Waals surface area (Å²) in [6.07, 6.45) is 1.97. The maximum absolute atomic E-state index is 12.8. The second-order valence-corrected chi connectivity index (χ2v) is 6.18. The fourth-order valence-corrected chi connectivity index (χ4v) is 3.09. The van der Waals surface area contributed by atoms with Gasteiger partial charge in [-0.3, -0.25) is 9.69 Å². The predicted octanol–water partition coefficient (Wildman–Crippen LogP) is 2.13. The topological polar surface area (TPSA) is 43.8 Å². The van der Waals surface area contributed by atoms with Crippen LogP contribution in [0.15, 0.2) is 30.3 Å². The molecule has 0 aliphatic carbocycles. The minimum absolute atomic E-state index is 0.0803. The molecule has 2 rings (SSSR count). The number of aliphatic hydroxyl groups excluding tert-OH is 1. The molecule has 1 fully saturated rings. The summed E-state index contributed by atoms with van der Waals surface area (Å²) in [5.74, 6) is 0.610. The van der Waals surface area contributed by atoms with Gasteiger partial charge in [-0.2, -0.15) is 0 Å². The highest BCUT2D eigenvalue weighted by Gasteiger charge is 2.28. The van der Waals surface area contributed by atoms with Crippen LogP contribution < -0.4 is 0 Å². The van der Waals surface area contributed by atoms with Gasteiger partial charge in [0.2, 0.25) is 5.91 Å². The standard InChI is InChI=1S/C18H28N2O2/c1-3-19(13-16-7-5-4-6-8-16)18(22)15(2)20-11-9-17(14-21)10-12-20/h4-8,15,17,21H,3,9-14H2,1-2H3. The molecule has 1 aromatic rings. The van der Waals surface area contributed by atoms with E-state index < -0.39 is 0 Å². The Morgan fingerprint density at radius 3 is 2.50 bits per heavy atom. The zero-order valence-electron chi connectivity index (χ0n) is 13.7. The van der Waals surface area contributed by atoms with E-state index in [0.29, 0.717) is 12.5 Å². The number of hydrogen-bond donors (Lipinski definition) is 1. The van der Waals surface area contributed by atoms with Crippen molar-refractivity contribution in [1.29, 1.82) is 0 Å². The van der Waals surface area contributed by atoms with Crippen molar-refractivity contribution in [1.82, 2.24) is 9.80 Å². The van der Waals surface area contributed by atoms with Crippen molar-refractivity contribution in [3.8, 4) is 0 Å². The van der Waals surface area contributed by atoms with Crippen LogP contribution in [0.2, 0.25) is 0 Å². The number of amides is 1. The van der Waals surface area contributed by atoms with Crippen LogP contribution in [0.4, 0.5) is 0 Å². The third-order valence-electron chi connectivity index (χ3n) is 4.72. The van der Waals surface area contributed by atoms with E-state index in [-0.39, 0.29) is 18.6 Å². The van der Waals surface area contributed by atoms with E-state index in [1.54, 1.807) is 0 Å². The fraction of sp³-hybridized carbons (Fsp3) is 0.611. The molecule has 1 aliphatic rings. The maximum atomic E-state index is 12.8. The monoisotopic (exact) mass is 304 g/mol. The zero-order chi connectivity index (χ0) is 15.9. The molecule has 0 aromatic heterocycles. The lowest BCUT2D eigenvalue weighted by Gasteiger charge is -2.36. The summed E-state index contributed by atoms with van der Waals surface area (Å²) >= 11 is 0. The highest BCUT2D eigenvalue weighted by molar-refractivity contribution is 5.81. The quantitative estimate of drug-likeness (QED) is 0.875. The van der Waals surface area contributed by atoms with Gasteiger partial charge in [0.1, 0.15) is 0 Å². The summed E-state index contributed by atoms with van der Waals surface area (Å²) < 4.78 is 0. The van der Waals surface area contributed by atoms with Gasteiger partial charge in [0.05, 0.1) is 6.04 Å². The lowest BCUT2D eigenvalue weighted by Crippen LogP contribution is -2.49. The molecule has 4 nitrogen and oxygen atoms in total. The SMILES string of the molecule is CCN(Cc1ccccc1)C(=O)C(C)N1CCC(CO)CC1. The number of piperidine rings is 1. The van der Waals surface area contributed by atoms with Crippen molar-refractivity contribution in [2.45, 2.75) is 39.3 Å². The second-order valence-electron chi connectivity index (χ2n) is 6.18. The van der Waals surface area contributed by atoms with Crippen LogP contribution in [-0.4, -0.2) is 53.1 Å². The Morgan fingerprint density at radius 1 is 1.32 bits per heavy atom. The number of carbonyl (C=O) groups is 1. The van der Waals surface area contributed by atoms with Crippen LogP contribution in [0.1, 0.15) is 32.3 Å². The van der Waals surface area contributed by atoms with Gasteiger partial charge in [0, 0.05) is 19.7 Å². The molecule has 1 atom stereocenters. The number of aliphatic hydroxyl groups is 1. The van der Waals surface area contributed by atoms with Gasteiger partial charge < -0.3 is 10.0 Å². The Bertz CT molecular complexity index is 455. The van der Waals surface area contributed by atoms with Crippen LogP contribution in [0.5, 0.6) is 0 Å². The van der Waals surface area contributed by atoms with Crippen LogP contribution in [0, 0.1) is 5.92 Å². The maximum Gasteiger partial charge on any atom is 0.239 e. The number of hydrogen-bond acceptors (Lipinski definition) is 3. The molecule has 1 aromatic carbocycles. The molecule has 1 heterocycles. The van der Waals surface area contributed by atoms with E-state index in [0.717, 1.165) is 32.5 Å². The van der Waals surface area contributed by atoms with Gasteiger partial charge in [-0.15, -0.1) is 0 Å². The lowest BCUT2D eigenvalue weighted by atomic mass is 9.96. The Hall–Kier alpha value is -1.39. The molecular weight excluding hydrogens is 276 g/mol. The largest absolute Gasteiger partial charge is 0.396 e. The normalized spacial score (nSPS) is 18.1. The van der Waals surface area contributed by atoms with Crippen molar-refractivity contribution in [3.63, 3.8) is 0 Å². The first-order valence-electron chi connectivity index (χ1n) is 8.33. The summed E-state index contributed by atoms with van der Waals surface area (Å²) in [5.41, 5.74) is 1.17. The lowest BCUT2D eigenvalue weighted by molar-refractivity contribution is -0.137. The average Bonchev–Trinajstić information content (AvgIpc) is 2.59. The smallest absolute Gasteiger partial charge is 0.239 e. The fourth-order valence-electron chi connectivity index (χ4n) is 3.09. The minimum Gasteiger partial charge on any atom is -0.396 e. The molecule has 0 spiro atoms. The second kappa shape index (κ2) is 8.30. The van der Waals surface area contributed by atoms with Crippen molar-refractivity contribution >= 4 is 5.91 Å². The van der Waals surface area contributed by atoms with Crippen molar-refractivity contribution < 1.29 is 9.90 Å². The molecule has 0 radical (unpaired) electrons. The van der Waals surface area contributed by atoms with Gasteiger partial charge in [-0.05, 0) is 51.3 Å². The molecule has 1 saturated heterocycles. The third kappa shape index (κ3) is 4.31. The summed E-state index contributed by atoms with van der Waals surface area (Å²) in [5, 5.41) is 9.22. The van der Waals surface area contributed by atoms with Crippen LogP contribution in [0.3, 0.4) is 0 Å². The Balaban J connectivity index is 1.93. The summed E-state index contributed by atoms with van der Waals surface area (Å²) in [6, 6.07) is 10.1. The number of carbonyl (C=O) groups excluding carboxylic acids is 1. The van der Waals surface area contributed by atoms with Gasteiger partial charge >= 0.3 is 0 Å². The van der Waals surface area contributed by atoms with E-state index in [1.165, 1.54) is 5.56 Å². The van der Waals surface area contributed by atoms with Crippen LogP contribution in [-0.2, 0) is 11.3 Å². The number of likely N-dealkylation sites (tertiary alicyclic amines) is 1. The molecule has 1 aliphatic heterocycles. The van der Waals surface area contributed by atoms with E-state index in [4.69, 9.17) is 0 Å². The first kappa shape index (κ1) is 17.0. The molecule has 22 heavy (non-hydrogen) atoms. The molecular formula is C18H28N2O2. The molecule has 0 bridgehead atoms. The molecule has 1 amide bonds. The molecule has 1 unspecified atom stereocenters. The number of benzene rings is 1. The van der Waals surface area contributed by atoms with Crippen LogP contribution >= 0.6 is 0 Å². The Morgan fingerprint density at radius 2 is 1.95 bits per heavy atom. The molecule has 0 saturated carbocycles. The van der Waals surface area contributed by atoms with Gasteiger partial charge in [-0.25, -0.2) is 0 Å². The highest BCUT2D eigenvalue weighted by atomic mass is 16.3. The van der Waals surface area contributed by atoms with E-state index >= 15 is 0 Å². The zero-order valence-corrected chi connectivity index (χ0v) is 13.7. The number of nitrogens with zero attached hydrogens (tertiary/aromatic N) is 2. The van der Waals surface area contributed by atoms with Crippen molar-refractivity contribution in [3.05, 3.63) is 35.9 Å². The minimum atomic E-state index is -0.0803. The van der Waals surface area contributed by atoms with Crippen LogP contribution in [0.25, 0.3) is 0 Å². The van der Waals surface area contributed by atoms with Crippen molar-refractivity contribution in [2.75, 3.05) is 26.2 Å². The highest BCUT2D eigenvalue weighted by Crippen LogP contribution is 2.19. The average molecular weight is 304 g/mol. The van der Waals surface area contributed by atoms with Gasteiger partial charge in [-0.1, -0.05) is 30.3 Å². The van der Waals surface area contributed by atoms with Gasteiger partial charge in [0.15, 0.2) is 0 Å². The third-order valence-corrected chi connectivity index (χ3v) is 4.72. The summed E-state index contributed by atoms with van der Waals surface area (Å²) in [6.45, 7) is 7.52. The first-order chi connectivity index (χ1) is 10.7. The summed E-state index contributed by atoms with van der Waals surface area (Å²) in [4.78, 5) is 16.9. The number of likely N-dealkylation sites (N-methyl/N-ethyl adjacent to an activating group) is 1. The van der Waals surface area contributed by atoms with Gasteiger partial charge in [0.25, 0.3) is 0 Å². The Kier molecular flexibility index (Phi) is 6.40.